The Morgan fingerprint density at radius 1 is 1.03 bits per heavy atom. The molecule has 0 aromatic heterocycles. The van der Waals surface area contributed by atoms with Gasteiger partial charge in [-0.25, -0.2) is 0 Å². The van der Waals surface area contributed by atoms with Crippen LogP contribution in [0.25, 0.3) is 0 Å². The Bertz CT molecular complexity index is 837. The van der Waals surface area contributed by atoms with Gasteiger partial charge < -0.3 is 10.2 Å². The standard InChI is InChI=1S/C25H34N2O2S/c1-5-6-13-26-25(29)21(4)27(16-22-11-7-9-19(2)14-22)24(28)18-30-17-23-12-8-10-20(3)15-23/h7-12,14-15,21H,5-6,13,16-18H2,1-4H3,(H,26,29)/t21-/m0/s1. The fraction of sp³-hybridized carbons (Fsp3) is 0.440. The number of amides is 2. The van der Waals surface area contributed by atoms with Crippen molar-refractivity contribution < 1.29 is 9.59 Å². The first kappa shape index (κ1) is 24.0. The molecule has 2 rings (SSSR count). The topological polar surface area (TPSA) is 49.4 Å². The molecule has 0 radical (unpaired) electrons. The second-order valence-electron chi connectivity index (χ2n) is 7.81. The van der Waals surface area contributed by atoms with E-state index >= 15 is 0 Å². The van der Waals surface area contributed by atoms with Gasteiger partial charge in [-0.2, -0.15) is 0 Å². The molecule has 0 unspecified atom stereocenters. The molecule has 0 aliphatic heterocycles. The van der Waals surface area contributed by atoms with Gasteiger partial charge in [-0.1, -0.05) is 73.0 Å². The maximum Gasteiger partial charge on any atom is 0.242 e. The number of nitrogens with one attached hydrogen (secondary N) is 1. The van der Waals surface area contributed by atoms with E-state index in [1.54, 1.807) is 16.7 Å². The number of carbonyl (C=O) groups is 2. The molecule has 4 nitrogen and oxygen atoms in total. The van der Waals surface area contributed by atoms with E-state index in [2.05, 4.69) is 43.4 Å². The summed E-state index contributed by atoms with van der Waals surface area (Å²) < 4.78 is 0. The summed E-state index contributed by atoms with van der Waals surface area (Å²) >= 11 is 1.59. The van der Waals surface area contributed by atoms with Crippen LogP contribution in [0.15, 0.2) is 48.5 Å². The molecule has 1 atom stereocenters. The lowest BCUT2D eigenvalue weighted by atomic mass is 10.1. The van der Waals surface area contributed by atoms with Gasteiger partial charge in [0.2, 0.25) is 11.8 Å². The Morgan fingerprint density at radius 2 is 1.67 bits per heavy atom. The first-order valence-electron chi connectivity index (χ1n) is 10.7. The quantitative estimate of drug-likeness (QED) is 0.522. The molecule has 0 saturated heterocycles. The normalized spacial score (nSPS) is 11.7. The Balaban J connectivity index is 2.04. The van der Waals surface area contributed by atoms with Crippen molar-refractivity contribution in [3.8, 4) is 0 Å². The fourth-order valence-electron chi connectivity index (χ4n) is 3.27. The van der Waals surface area contributed by atoms with Gasteiger partial charge in [0, 0.05) is 18.8 Å². The number of thioether (sulfide) groups is 1. The van der Waals surface area contributed by atoms with Crippen LogP contribution in [-0.4, -0.2) is 35.1 Å². The van der Waals surface area contributed by atoms with E-state index < -0.39 is 6.04 Å². The molecule has 0 bridgehead atoms. The molecule has 0 aliphatic rings. The summed E-state index contributed by atoms with van der Waals surface area (Å²) in [5.41, 5.74) is 4.62. The van der Waals surface area contributed by atoms with E-state index in [1.165, 1.54) is 11.1 Å². The van der Waals surface area contributed by atoms with Gasteiger partial charge in [0.05, 0.1) is 5.75 Å². The summed E-state index contributed by atoms with van der Waals surface area (Å²) in [6.07, 6.45) is 1.97. The minimum Gasteiger partial charge on any atom is -0.354 e. The van der Waals surface area contributed by atoms with Crippen LogP contribution in [0.1, 0.15) is 48.9 Å². The predicted molar refractivity (Wildman–Crippen MR) is 126 cm³/mol. The molecule has 1 N–H and O–H groups in total. The lowest BCUT2D eigenvalue weighted by Crippen LogP contribution is -2.48. The third-order valence-electron chi connectivity index (χ3n) is 5.01. The highest BCUT2D eigenvalue weighted by atomic mass is 32.2. The highest BCUT2D eigenvalue weighted by Gasteiger charge is 2.25. The van der Waals surface area contributed by atoms with Gasteiger partial charge in [0.1, 0.15) is 6.04 Å². The number of hydrogen-bond donors (Lipinski definition) is 1. The highest BCUT2D eigenvalue weighted by Crippen LogP contribution is 2.17. The summed E-state index contributed by atoms with van der Waals surface area (Å²) in [7, 11) is 0. The van der Waals surface area contributed by atoms with Crippen molar-refractivity contribution in [2.45, 2.75) is 58.9 Å². The third-order valence-corrected chi connectivity index (χ3v) is 6.00. The summed E-state index contributed by atoms with van der Waals surface area (Å²) in [5.74, 6) is 1.04. The van der Waals surface area contributed by atoms with E-state index in [-0.39, 0.29) is 11.8 Å². The third kappa shape index (κ3) is 7.86. The monoisotopic (exact) mass is 426 g/mol. The van der Waals surface area contributed by atoms with Crippen molar-refractivity contribution in [3.05, 3.63) is 70.8 Å². The van der Waals surface area contributed by atoms with E-state index in [9.17, 15) is 9.59 Å². The Labute approximate surface area is 185 Å². The molecule has 2 amide bonds. The summed E-state index contributed by atoms with van der Waals surface area (Å²) in [6, 6.07) is 15.9. The number of benzene rings is 2. The maximum atomic E-state index is 13.1. The van der Waals surface area contributed by atoms with Crippen molar-refractivity contribution in [1.82, 2.24) is 10.2 Å². The molecule has 162 valence electrons. The molecule has 0 heterocycles. The molecule has 0 fully saturated rings. The van der Waals surface area contributed by atoms with Crippen molar-refractivity contribution in [2.75, 3.05) is 12.3 Å². The molecule has 2 aromatic carbocycles. The zero-order valence-corrected chi connectivity index (χ0v) is 19.4. The van der Waals surface area contributed by atoms with Crippen molar-refractivity contribution in [3.63, 3.8) is 0 Å². The van der Waals surface area contributed by atoms with Crippen molar-refractivity contribution >= 4 is 23.6 Å². The first-order valence-corrected chi connectivity index (χ1v) is 11.8. The van der Waals surface area contributed by atoms with E-state index in [4.69, 9.17) is 0 Å². The van der Waals surface area contributed by atoms with E-state index in [0.29, 0.717) is 18.8 Å². The van der Waals surface area contributed by atoms with Crippen molar-refractivity contribution in [1.29, 1.82) is 0 Å². The molecule has 0 saturated carbocycles. The lowest BCUT2D eigenvalue weighted by Gasteiger charge is -2.29. The van der Waals surface area contributed by atoms with Gasteiger partial charge in [-0.05, 0) is 38.3 Å². The molecular formula is C25H34N2O2S. The predicted octanol–water partition coefficient (Wildman–Crippen LogP) is 4.87. The minimum atomic E-state index is -0.505. The summed E-state index contributed by atoms with van der Waals surface area (Å²) in [4.78, 5) is 27.4. The van der Waals surface area contributed by atoms with Crippen LogP contribution >= 0.6 is 11.8 Å². The molecule has 0 spiro atoms. The highest BCUT2D eigenvalue weighted by molar-refractivity contribution is 7.99. The lowest BCUT2D eigenvalue weighted by molar-refractivity contribution is -0.138. The van der Waals surface area contributed by atoms with Crippen LogP contribution in [0.5, 0.6) is 0 Å². The number of carbonyl (C=O) groups excluding carboxylic acids is 2. The first-order chi connectivity index (χ1) is 14.4. The average molecular weight is 427 g/mol. The van der Waals surface area contributed by atoms with Crippen LogP contribution in [0, 0.1) is 13.8 Å². The van der Waals surface area contributed by atoms with Gasteiger partial charge >= 0.3 is 0 Å². The zero-order chi connectivity index (χ0) is 21.9. The minimum absolute atomic E-state index is 0.00713. The smallest absolute Gasteiger partial charge is 0.242 e. The largest absolute Gasteiger partial charge is 0.354 e. The number of unbranched alkanes of at least 4 members (excludes halogenated alkanes) is 1. The zero-order valence-electron chi connectivity index (χ0n) is 18.6. The fourth-order valence-corrected chi connectivity index (χ4v) is 4.12. The number of nitrogens with zero attached hydrogens (tertiary/aromatic N) is 1. The number of hydrogen-bond acceptors (Lipinski definition) is 3. The van der Waals surface area contributed by atoms with Gasteiger partial charge in [-0.15, -0.1) is 11.8 Å². The Morgan fingerprint density at radius 3 is 2.30 bits per heavy atom. The van der Waals surface area contributed by atoms with Gasteiger partial charge in [-0.3, -0.25) is 9.59 Å². The second kappa shape index (κ2) is 12.4. The summed E-state index contributed by atoms with van der Waals surface area (Å²) in [6.45, 7) is 9.10. The average Bonchev–Trinajstić information content (AvgIpc) is 2.71. The molecular weight excluding hydrogens is 392 g/mol. The van der Waals surface area contributed by atoms with Crippen molar-refractivity contribution in [2.24, 2.45) is 0 Å². The molecule has 2 aromatic rings. The van der Waals surface area contributed by atoms with Gasteiger partial charge in [0.15, 0.2) is 0 Å². The molecule has 0 aliphatic carbocycles. The van der Waals surface area contributed by atoms with Crippen LogP contribution < -0.4 is 5.32 Å². The van der Waals surface area contributed by atoms with E-state index in [0.717, 1.165) is 29.7 Å². The van der Waals surface area contributed by atoms with Crippen LogP contribution in [-0.2, 0) is 21.9 Å². The number of rotatable bonds is 11. The summed E-state index contributed by atoms with van der Waals surface area (Å²) in [5, 5.41) is 2.96. The molecule has 5 heteroatoms. The SMILES string of the molecule is CCCCNC(=O)[C@H](C)N(Cc1cccc(C)c1)C(=O)CSCc1cccc(C)c1. The van der Waals surface area contributed by atoms with Crippen LogP contribution in [0.2, 0.25) is 0 Å². The maximum absolute atomic E-state index is 13.1. The van der Waals surface area contributed by atoms with Crippen LogP contribution in [0.3, 0.4) is 0 Å². The molecule has 30 heavy (non-hydrogen) atoms. The van der Waals surface area contributed by atoms with Crippen LogP contribution in [0.4, 0.5) is 0 Å². The van der Waals surface area contributed by atoms with Gasteiger partial charge in [0.25, 0.3) is 0 Å². The Kier molecular flexibility index (Phi) is 9.95. The number of aryl methyl sites for hydroxylation is 2. The second-order valence-corrected chi connectivity index (χ2v) is 8.80. The van der Waals surface area contributed by atoms with E-state index in [1.807, 2.05) is 38.1 Å². The Hall–Kier alpha value is -2.27.